The predicted molar refractivity (Wildman–Crippen MR) is 88.8 cm³/mol. The number of ether oxygens (including phenoxy) is 1. The second-order valence-electron chi connectivity index (χ2n) is 6.27. The molecule has 0 aromatic carbocycles. The number of hydrogen-bond acceptors (Lipinski definition) is 4. The van der Waals surface area contributed by atoms with Crippen molar-refractivity contribution in [2.45, 2.75) is 45.7 Å². The Kier molecular flexibility index (Phi) is 9.64. The minimum absolute atomic E-state index is 0. The molecule has 0 saturated carbocycles. The van der Waals surface area contributed by atoms with Gasteiger partial charge >= 0.3 is 0 Å². The molecule has 2 unspecified atom stereocenters. The number of nitrogens with zero attached hydrogens (tertiary/aromatic N) is 1. The SMILES string of the molecule is COCC(=O)N[C@H](C(=O)N1CCCC(C(C)N)C1)C(C)C.Cl. The minimum atomic E-state index is -0.500. The molecule has 130 valence electrons. The maximum Gasteiger partial charge on any atom is 0.246 e. The van der Waals surface area contributed by atoms with Crippen LogP contribution in [0.15, 0.2) is 0 Å². The van der Waals surface area contributed by atoms with Gasteiger partial charge in [-0.3, -0.25) is 9.59 Å². The molecule has 1 fully saturated rings. The van der Waals surface area contributed by atoms with E-state index < -0.39 is 6.04 Å². The number of likely N-dealkylation sites (tertiary alicyclic amines) is 1. The highest BCUT2D eigenvalue weighted by Crippen LogP contribution is 2.20. The van der Waals surface area contributed by atoms with E-state index in [9.17, 15) is 9.59 Å². The van der Waals surface area contributed by atoms with Crippen LogP contribution in [0.1, 0.15) is 33.6 Å². The summed E-state index contributed by atoms with van der Waals surface area (Å²) in [7, 11) is 1.46. The van der Waals surface area contributed by atoms with E-state index in [1.54, 1.807) is 0 Å². The van der Waals surface area contributed by atoms with Crippen LogP contribution in [0.2, 0.25) is 0 Å². The zero-order valence-electron chi connectivity index (χ0n) is 14.0. The highest BCUT2D eigenvalue weighted by atomic mass is 35.5. The van der Waals surface area contributed by atoms with Gasteiger partial charge in [-0.2, -0.15) is 0 Å². The molecular weight excluding hydrogens is 306 g/mol. The lowest BCUT2D eigenvalue weighted by molar-refractivity contribution is -0.140. The van der Waals surface area contributed by atoms with Crippen LogP contribution >= 0.6 is 12.4 Å². The Hall–Kier alpha value is -0.850. The van der Waals surface area contributed by atoms with Crippen molar-refractivity contribution in [1.82, 2.24) is 10.2 Å². The molecule has 1 saturated heterocycles. The molecule has 0 spiro atoms. The van der Waals surface area contributed by atoms with Crippen LogP contribution in [0.5, 0.6) is 0 Å². The minimum Gasteiger partial charge on any atom is -0.375 e. The fourth-order valence-electron chi connectivity index (χ4n) is 2.70. The lowest BCUT2D eigenvalue weighted by Crippen LogP contribution is -2.55. The van der Waals surface area contributed by atoms with Gasteiger partial charge in [-0.25, -0.2) is 0 Å². The first-order chi connectivity index (χ1) is 9.86. The quantitative estimate of drug-likeness (QED) is 0.751. The Morgan fingerprint density at radius 2 is 2.00 bits per heavy atom. The number of carbonyl (C=O) groups is 2. The molecule has 1 heterocycles. The van der Waals surface area contributed by atoms with Crippen molar-refractivity contribution < 1.29 is 14.3 Å². The van der Waals surface area contributed by atoms with E-state index in [1.165, 1.54) is 7.11 Å². The molecule has 2 amide bonds. The molecule has 1 aliphatic heterocycles. The van der Waals surface area contributed by atoms with E-state index in [0.717, 1.165) is 19.4 Å². The normalized spacial score (nSPS) is 21.0. The number of hydrogen-bond donors (Lipinski definition) is 2. The average Bonchev–Trinajstić information content (AvgIpc) is 2.44. The molecule has 0 aliphatic carbocycles. The van der Waals surface area contributed by atoms with Crippen molar-refractivity contribution in [2.75, 3.05) is 26.8 Å². The van der Waals surface area contributed by atoms with Gasteiger partial charge in [0.2, 0.25) is 11.8 Å². The zero-order chi connectivity index (χ0) is 16.0. The molecule has 1 aliphatic rings. The van der Waals surface area contributed by atoms with Gasteiger partial charge in [-0.15, -0.1) is 12.4 Å². The number of carbonyl (C=O) groups excluding carboxylic acids is 2. The number of rotatable bonds is 6. The molecule has 0 aromatic heterocycles. The predicted octanol–water partition coefficient (Wildman–Crippen LogP) is 0.781. The summed E-state index contributed by atoms with van der Waals surface area (Å²) >= 11 is 0. The number of piperidine rings is 1. The summed E-state index contributed by atoms with van der Waals surface area (Å²) in [5.41, 5.74) is 5.96. The van der Waals surface area contributed by atoms with Gasteiger partial charge in [0.1, 0.15) is 12.6 Å². The van der Waals surface area contributed by atoms with Crippen LogP contribution in [-0.2, 0) is 14.3 Å². The van der Waals surface area contributed by atoms with Crippen LogP contribution in [-0.4, -0.2) is 55.6 Å². The summed E-state index contributed by atoms with van der Waals surface area (Å²) in [6.07, 6.45) is 2.03. The van der Waals surface area contributed by atoms with Crippen molar-refractivity contribution in [2.24, 2.45) is 17.6 Å². The second-order valence-corrected chi connectivity index (χ2v) is 6.27. The van der Waals surface area contributed by atoms with Crippen LogP contribution < -0.4 is 11.1 Å². The summed E-state index contributed by atoms with van der Waals surface area (Å²) in [5, 5.41) is 2.77. The van der Waals surface area contributed by atoms with Crippen LogP contribution in [0.3, 0.4) is 0 Å². The number of halogens is 1. The van der Waals surface area contributed by atoms with E-state index in [0.29, 0.717) is 12.5 Å². The molecule has 3 atom stereocenters. The summed E-state index contributed by atoms with van der Waals surface area (Å²) < 4.78 is 4.80. The maximum atomic E-state index is 12.7. The number of nitrogens with one attached hydrogen (secondary N) is 1. The fourth-order valence-corrected chi connectivity index (χ4v) is 2.70. The van der Waals surface area contributed by atoms with Gasteiger partial charge < -0.3 is 20.7 Å². The fraction of sp³-hybridized carbons (Fsp3) is 0.867. The van der Waals surface area contributed by atoms with E-state index in [1.807, 2.05) is 25.7 Å². The largest absolute Gasteiger partial charge is 0.375 e. The van der Waals surface area contributed by atoms with Gasteiger partial charge in [0, 0.05) is 26.2 Å². The Labute approximate surface area is 139 Å². The highest BCUT2D eigenvalue weighted by molar-refractivity contribution is 5.88. The first-order valence-corrected chi connectivity index (χ1v) is 7.69. The van der Waals surface area contributed by atoms with Gasteiger partial charge in [0.05, 0.1) is 0 Å². The smallest absolute Gasteiger partial charge is 0.246 e. The third-order valence-corrected chi connectivity index (χ3v) is 4.04. The van der Waals surface area contributed by atoms with E-state index in [-0.39, 0.29) is 42.8 Å². The monoisotopic (exact) mass is 335 g/mol. The Morgan fingerprint density at radius 1 is 1.36 bits per heavy atom. The topological polar surface area (TPSA) is 84.7 Å². The van der Waals surface area contributed by atoms with Crippen molar-refractivity contribution >= 4 is 24.2 Å². The first kappa shape index (κ1) is 21.1. The molecule has 0 bridgehead atoms. The Morgan fingerprint density at radius 3 is 2.50 bits per heavy atom. The lowest BCUT2D eigenvalue weighted by atomic mass is 9.91. The van der Waals surface area contributed by atoms with Crippen LogP contribution in [0.4, 0.5) is 0 Å². The molecule has 0 radical (unpaired) electrons. The van der Waals surface area contributed by atoms with Crippen molar-refractivity contribution in [1.29, 1.82) is 0 Å². The summed E-state index contributed by atoms with van der Waals surface area (Å²) in [6, 6.07) is -0.416. The van der Waals surface area contributed by atoms with Gasteiger partial charge in [-0.05, 0) is 31.6 Å². The zero-order valence-corrected chi connectivity index (χ0v) is 14.8. The molecule has 6 nitrogen and oxygen atoms in total. The number of amides is 2. The molecular formula is C15H30ClN3O3. The molecule has 3 N–H and O–H groups in total. The standard InChI is InChI=1S/C15H29N3O3.ClH/c1-10(2)14(17-13(19)9-21-4)15(20)18-7-5-6-12(8-18)11(3)16;/h10-12,14H,5-9,16H2,1-4H3,(H,17,19);1H/t11?,12?,14-;/m0./s1. The lowest BCUT2D eigenvalue weighted by Gasteiger charge is -2.37. The third-order valence-electron chi connectivity index (χ3n) is 4.04. The maximum absolute atomic E-state index is 12.7. The first-order valence-electron chi connectivity index (χ1n) is 7.69. The third kappa shape index (κ3) is 6.10. The Bertz CT molecular complexity index is 364. The van der Waals surface area contributed by atoms with Gasteiger partial charge in [-0.1, -0.05) is 13.8 Å². The molecule has 7 heteroatoms. The van der Waals surface area contributed by atoms with Crippen molar-refractivity contribution in [3.05, 3.63) is 0 Å². The summed E-state index contributed by atoms with van der Waals surface area (Å²) in [5.74, 6) is 0.101. The summed E-state index contributed by atoms with van der Waals surface area (Å²) in [4.78, 5) is 26.2. The molecule has 1 rings (SSSR count). The van der Waals surface area contributed by atoms with E-state index in [2.05, 4.69) is 5.32 Å². The van der Waals surface area contributed by atoms with E-state index in [4.69, 9.17) is 10.5 Å². The van der Waals surface area contributed by atoms with Crippen LogP contribution in [0.25, 0.3) is 0 Å². The number of methoxy groups -OCH3 is 1. The highest BCUT2D eigenvalue weighted by Gasteiger charge is 2.32. The van der Waals surface area contributed by atoms with Gasteiger partial charge in [0.15, 0.2) is 0 Å². The van der Waals surface area contributed by atoms with Crippen molar-refractivity contribution in [3.8, 4) is 0 Å². The van der Waals surface area contributed by atoms with E-state index >= 15 is 0 Å². The molecule has 0 aromatic rings. The van der Waals surface area contributed by atoms with Crippen molar-refractivity contribution in [3.63, 3.8) is 0 Å². The second kappa shape index (κ2) is 10.0. The Balaban J connectivity index is 0.00000441. The molecule has 22 heavy (non-hydrogen) atoms. The summed E-state index contributed by atoms with van der Waals surface area (Å²) in [6.45, 7) is 7.24. The van der Waals surface area contributed by atoms with Crippen LogP contribution in [0, 0.1) is 11.8 Å². The number of nitrogens with two attached hydrogens (primary N) is 1. The van der Waals surface area contributed by atoms with Gasteiger partial charge in [0.25, 0.3) is 0 Å². The average molecular weight is 336 g/mol.